The zero-order chi connectivity index (χ0) is 25.1. The van der Waals surface area contributed by atoms with Crippen LogP contribution >= 0.6 is 11.8 Å². The zero-order valence-electron chi connectivity index (χ0n) is 18.9. The van der Waals surface area contributed by atoms with Crippen molar-refractivity contribution in [3.63, 3.8) is 0 Å². The van der Waals surface area contributed by atoms with Crippen LogP contribution in [0.1, 0.15) is 30.2 Å². The van der Waals surface area contributed by atoms with Crippen molar-refractivity contribution in [2.24, 2.45) is 10.7 Å². The van der Waals surface area contributed by atoms with Crippen molar-refractivity contribution in [3.8, 4) is 5.75 Å². The summed E-state index contributed by atoms with van der Waals surface area (Å²) in [6.45, 7) is 0.290. The van der Waals surface area contributed by atoms with Crippen LogP contribution in [0.4, 0.5) is 0 Å². The summed E-state index contributed by atoms with van der Waals surface area (Å²) in [6, 6.07) is 6.49. The number of hydrogen-bond acceptors (Lipinski definition) is 9. The number of hydrogen-bond donors (Lipinski definition) is 3. The Morgan fingerprint density at radius 3 is 2.85 bits per heavy atom. The number of amides is 2. The van der Waals surface area contributed by atoms with E-state index in [4.69, 9.17) is 15.2 Å². The van der Waals surface area contributed by atoms with Gasteiger partial charge in [-0.05, 0) is 30.5 Å². The molecule has 0 spiro atoms. The number of aliphatic imine (C=N–C) groups is 1. The number of rotatable bonds is 12. The van der Waals surface area contributed by atoms with Gasteiger partial charge in [0.05, 0.1) is 20.0 Å². The van der Waals surface area contributed by atoms with Crippen LogP contribution in [-0.2, 0) is 19.1 Å². The number of esters is 1. The lowest BCUT2D eigenvalue weighted by Crippen LogP contribution is -2.43. The summed E-state index contributed by atoms with van der Waals surface area (Å²) in [6.07, 6.45) is 0.510. The van der Waals surface area contributed by atoms with Gasteiger partial charge in [-0.25, -0.2) is 19.9 Å². The average molecular weight is 497 g/mol. The lowest BCUT2D eigenvalue weighted by Gasteiger charge is -2.25. The molecule has 1 unspecified atom stereocenters. The fraction of sp³-hybridized carbons (Fsp3) is 0.500. The molecule has 1 heterocycles. The first-order valence-electron chi connectivity index (χ1n) is 10.4. The molecule has 0 bridgehead atoms. The number of nitro groups is 1. The van der Waals surface area contributed by atoms with E-state index in [1.54, 1.807) is 17.4 Å². The van der Waals surface area contributed by atoms with Crippen molar-refractivity contribution in [1.29, 1.82) is 0 Å². The number of nitrogens with two attached hydrogens (primary N) is 1. The summed E-state index contributed by atoms with van der Waals surface area (Å²) in [4.78, 5) is 52.7. The molecule has 0 aliphatic carbocycles. The second kappa shape index (κ2) is 13.2. The first kappa shape index (κ1) is 26.7. The van der Waals surface area contributed by atoms with E-state index in [1.807, 2.05) is 24.3 Å². The number of methoxy groups -OCH3 is 2. The van der Waals surface area contributed by atoms with Crippen molar-refractivity contribution in [2.75, 3.05) is 33.1 Å². The first-order chi connectivity index (χ1) is 16.2. The molecule has 4 N–H and O–H groups in total. The van der Waals surface area contributed by atoms with E-state index < -0.39 is 23.0 Å². The van der Waals surface area contributed by atoms with Gasteiger partial charge in [-0.2, -0.15) is 0 Å². The largest absolute Gasteiger partial charge is 0.497 e. The summed E-state index contributed by atoms with van der Waals surface area (Å²) in [5.74, 6) is -0.491. The van der Waals surface area contributed by atoms with E-state index in [2.05, 4.69) is 10.3 Å². The van der Waals surface area contributed by atoms with E-state index in [0.717, 1.165) is 5.56 Å². The van der Waals surface area contributed by atoms with Crippen LogP contribution in [-0.4, -0.2) is 72.8 Å². The highest BCUT2D eigenvalue weighted by Gasteiger charge is 2.33. The number of ether oxygens (including phenoxy) is 2. The standard InChI is InChI=1S/C20H28N6O7S/c1-32-14-6-3-5-13(11-14)18-25(17(28)12-34-18)10-8-16(27)23-15(19(29)33-2)7-4-9-22-20(21)24-26(30)31/h3,5-6,11,15,18H,4,7-10,12H2,1-2H3,(H,23,27)(H3,21,22,24)/t15-,18?/m0/s1. The summed E-state index contributed by atoms with van der Waals surface area (Å²) >= 11 is 1.47. The van der Waals surface area contributed by atoms with Gasteiger partial charge in [0.2, 0.25) is 11.8 Å². The van der Waals surface area contributed by atoms with Crippen LogP contribution in [0.5, 0.6) is 5.75 Å². The molecule has 1 aliphatic rings. The highest BCUT2D eigenvalue weighted by molar-refractivity contribution is 8.00. The Kier molecular flexibility index (Phi) is 10.4. The number of nitrogens with one attached hydrogen (secondary N) is 2. The number of carbonyl (C=O) groups is 3. The highest BCUT2D eigenvalue weighted by Crippen LogP contribution is 2.39. The van der Waals surface area contributed by atoms with Gasteiger partial charge in [0.25, 0.3) is 5.96 Å². The molecular formula is C20H28N6O7S. The Morgan fingerprint density at radius 1 is 1.41 bits per heavy atom. The van der Waals surface area contributed by atoms with Crippen molar-refractivity contribution in [3.05, 3.63) is 39.9 Å². The molecular weight excluding hydrogens is 468 g/mol. The molecule has 0 radical (unpaired) electrons. The summed E-state index contributed by atoms with van der Waals surface area (Å²) in [7, 11) is 2.77. The third-order valence-electron chi connectivity index (χ3n) is 4.89. The molecule has 2 atom stereocenters. The molecule has 2 rings (SSSR count). The molecule has 1 saturated heterocycles. The van der Waals surface area contributed by atoms with Crippen molar-refractivity contribution in [2.45, 2.75) is 30.7 Å². The number of nitrogens with zero attached hydrogens (tertiary/aromatic N) is 3. The lowest BCUT2D eigenvalue weighted by atomic mass is 10.1. The molecule has 1 aromatic rings. The molecule has 1 aromatic carbocycles. The Bertz CT molecular complexity index is 928. The Balaban J connectivity index is 1.90. The monoisotopic (exact) mass is 496 g/mol. The molecule has 186 valence electrons. The van der Waals surface area contributed by atoms with Crippen LogP contribution < -0.4 is 21.2 Å². The molecule has 2 amide bonds. The van der Waals surface area contributed by atoms with Crippen LogP contribution in [0.15, 0.2) is 29.3 Å². The van der Waals surface area contributed by atoms with Gasteiger partial charge in [-0.3, -0.25) is 9.59 Å². The van der Waals surface area contributed by atoms with Gasteiger partial charge in [-0.1, -0.05) is 17.6 Å². The number of benzene rings is 1. The molecule has 13 nitrogen and oxygen atoms in total. The Labute approximate surface area is 200 Å². The predicted molar refractivity (Wildman–Crippen MR) is 124 cm³/mol. The van der Waals surface area contributed by atoms with E-state index in [0.29, 0.717) is 17.9 Å². The van der Waals surface area contributed by atoms with E-state index in [-0.39, 0.29) is 43.2 Å². The highest BCUT2D eigenvalue weighted by atomic mass is 32.2. The topological polar surface area (TPSA) is 178 Å². The summed E-state index contributed by atoms with van der Waals surface area (Å²) < 4.78 is 9.99. The average Bonchev–Trinajstić information content (AvgIpc) is 3.18. The smallest absolute Gasteiger partial charge is 0.328 e. The summed E-state index contributed by atoms with van der Waals surface area (Å²) in [5, 5.41) is 11.9. The van der Waals surface area contributed by atoms with Crippen LogP contribution in [0.3, 0.4) is 0 Å². The Hall–Kier alpha value is -3.55. The van der Waals surface area contributed by atoms with Crippen molar-refractivity contribution >= 4 is 35.5 Å². The molecule has 1 aliphatic heterocycles. The lowest BCUT2D eigenvalue weighted by molar-refractivity contribution is -0.525. The number of carbonyl (C=O) groups excluding carboxylic acids is 3. The quantitative estimate of drug-likeness (QED) is 0.0903. The van der Waals surface area contributed by atoms with Crippen LogP contribution in [0.25, 0.3) is 0 Å². The van der Waals surface area contributed by atoms with Gasteiger partial charge in [0.15, 0.2) is 5.03 Å². The minimum atomic E-state index is -0.921. The van der Waals surface area contributed by atoms with Gasteiger partial charge < -0.3 is 25.4 Å². The number of thioether (sulfide) groups is 1. The second-order valence-electron chi connectivity index (χ2n) is 7.20. The van der Waals surface area contributed by atoms with E-state index in [9.17, 15) is 24.5 Å². The molecule has 34 heavy (non-hydrogen) atoms. The van der Waals surface area contributed by atoms with Gasteiger partial charge in [0.1, 0.15) is 17.2 Å². The number of hydrazine groups is 1. The maximum Gasteiger partial charge on any atom is 0.328 e. The first-order valence-corrected chi connectivity index (χ1v) is 11.4. The van der Waals surface area contributed by atoms with Crippen molar-refractivity contribution in [1.82, 2.24) is 15.6 Å². The summed E-state index contributed by atoms with van der Waals surface area (Å²) in [5.41, 5.74) is 7.94. The SMILES string of the molecule is COC(=O)[C@H](CCCN=C(N)N[N+](=O)[O-])NC(=O)CCN1C(=O)CSC1c1cccc(OC)c1. The number of guanidine groups is 1. The van der Waals surface area contributed by atoms with Crippen molar-refractivity contribution < 1.29 is 28.9 Å². The molecule has 1 fully saturated rings. The fourth-order valence-electron chi connectivity index (χ4n) is 3.27. The van der Waals surface area contributed by atoms with Crippen LogP contribution in [0.2, 0.25) is 0 Å². The normalized spacial score (nSPS) is 16.6. The molecule has 0 saturated carbocycles. The minimum Gasteiger partial charge on any atom is -0.497 e. The molecule has 0 aromatic heterocycles. The van der Waals surface area contributed by atoms with Gasteiger partial charge in [-0.15, -0.1) is 11.8 Å². The van der Waals surface area contributed by atoms with E-state index >= 15 is 0 Å². The third kappa shape index (κ3) is 8.10. The maximum absolute atomic E-state index is 12.5. The predicted octanol–water partition coefficient (Wildman–Crippen LogP) is 0.193. The third-order valence-corrected chi connectivity index (χ3v) is 6.14. The zero-order valence-corrected chi connectivity index (χ0v) is 19.7. The fourth-order valence-corrected chi connectivity index (χ4v) is 4.48. The second-order valence-corrected chi connectivity index (χ2v) is 8.27. The van der Waals surface area contributed by atoms with Gasteiger partial charge in [0, 0.05) is 19.5 Å². The van der Waals surface area contributed by atoms with Gasteiger partial charge >= 0.3 is 5.97 Å². The van der Waals surface area contributed by atoms with E-state index in [1.165, 1.54) is 18.9 Å². The maximum atomic E-state index is 12.5. The minimum absolute atomic E-state index is 0.00187. The van der Waals surface area contributed by atoms with Crippen LogP contribution in [0, 0.1) is 10.1 Å². The molecule has 14 heteroatoms. The Morgan fingerprint density at radius 2 is 2.18 bits per heavy atom.